The highest BCUT2D eigenvalue weighted by molar-refractivity contribution is 7.99. The number of carbonyl (C=O) groups is 1. The first-order chi connectivity index (χ1) is 15.1. The van der Waals surface area contributed by atoms with Crippen molar-refractivity contribution in [2.75, 3.05) is 5.75 Å². The predicted molar refractivity (Wildman–Crippen MR) is 125 cm³/mol. The second-order valence-corrected chi connectivity index (χ2v) is 9.17. The van der Waals surface area contributed by atoms with Crippen LogP contribution in [0.25, 0.3) is 22.5 Å². The minimum Gasteiger partial charge on any atom is -0.467 e. The number of hydrogen-bond acceptors (Lipinski definition) is 6. The molecule has 0 saturated heterocycles. The molecule has 8 heteroatoms. The summed E-state index contributed by atoms with van der Waals surface area (Å²) in [7, 11) is 0. The zero-order chi connectivity index (χ0) is 21.8. The third-order valence-corrected chi connectivity index (χ3v) is 6.84. The average molecular weight is 453 g/mol. The predicted octanol–water partition coefficient (Wildman–Crippen LogP) is 5.31. The Kier molecular flexibility index (Phi) is 6.58. The fourth-order valence-corrected chi connectivity index (χ4v) is 5.05. The number of furan rings is 1. The van der Waals surface area contributed by atoms with Crippen molar-refractivity contribution < 1.29 is 9.21 Å². The molecule has 0 fully saturated rings. The van der Waals surface area contributed by atoms with Gasteiger partial charge in [0.2, 0.25) is 5.91 Å². The quantitative estimate of drug-likeness (QED) is 0.367. The summed E-state index contributed by atoms with van der Waals surface area (Å²) in [5.74, 6) is 1.77. The Morgan fingerprint density at radius 1 is 1.19 bits per heavy atom. The molecule has 0 radical (unpaired) electrons. The van der Waals surface area contributed by atoms with Crippen LogP contribution in [0.15, 0.2) is 57.6 Å². The number of aromatic nitrogens is 3. The van der Waals surface area contributed by atoms with Gasteiger partial charge in [0.05, 0.1) is 18.6 Å². The Hall–Kier alpha value is -2.84. The second-order valence-electron chi connectivity index (χ2n) is 7.14. The summed E-state index contributed by atoms with van der Waals surface area (Å²) in [5, 5.41) is 14.6. The molecule has 0 aliphatic rings. The summed E-state index contributed by atoms with van der Waals surface area (Å²) in [5.41, 5.74) is 4.69. The maximum atomic E-state index is 12.2. The summed E-state index contributed by atoms with van der Waals surface area (Å²) >= 11 is 3.11. The van der Waals surface area contributed by atoms with Gasteiger partial charge in [-0.05, 0) is 38.5 Å². The number of benzene rings is 1. The number of amides is 1. The summed E-state index contributed by atoms with van der Waals surface area (Å²) in [6.07, 6.45) is 1.60. The van der Waals surface area contributed by atoms with E-state index < -0.39 is 0 Å². The fraction of sp³-hybridized carbons (Fsp3) is 0.261. The summed E-state index contributed by atoms with van der Waals surface area (Å²) in [6, 6.07) is 12.2. The third-order valence-electron chi connectivity index (χ3n) is 4.96. The lowest BCUT2D eigenvalue weighted by molar-refractivity contribution is -0.118. The van der Waals surface area contributed by atoms with E-state index in [0.29, 0.717) is 6.54 Å². The number of thiophene rings is 1. The highest BCUT2D eigenvalue weighted by Gasteiger charge is 2.20. The zero-order valence-corrected chi connectivity index (χ0v) is 19.3. The van der Waals surface area contributed by atoms with E-state index in [-0.39, 0.29) is 11.7 Å². The molecule has 1 amide bonds. The van der Waals surface area contributed by atoms with Crippen LogP contribution in [0.3, 0.4) is 0 Å². The van der Waals surface area contributed by atoms with Gasteiger partial charge >= 0.3 is 0 Å². The van der Waals surface area contributed by atoms with E-state index in [1.54, 1.807) is 23.7 Å². The van der Waals surface area contributed by atoms with E-state index in [2.05, 4.69) is 70.5 Å². The summed E-state index contributed by atoms with van der Waals surface area (Å²) in [4.78, 5) is 13.5. The summed E-state index contributed by atoms with van der Waals surface area (Å²) < 4.78 is 7.32. The van der Waals surface area contributed by atoms with Gasteiger partial charge in [-0.3, -0.25) is 4.79 Å². The van der Waals surface area contributed by atoms with Crippen LogP contribution >= 0.6 is 23.1 Å². The molecular formula is C23H24N4O2S2. The lowest BCUT2D eigenvalue weighted by atomic mass is 10.0. The molecule has 0 aliphatic heterocycles. The van der Waals surface area contributed by atoms with E-state index in [0.717, 1.165) is 28.8 Å². The van der Waals surface area contributed by atoms with Crippen LogP contribution in [-0.2, 0) is 17.9 Å². The molecule has 0 saturated carbocycles. The van der Waals surface area contributed by atoms with E-state index in [1.165, 1.54) is 33.3 Å². The van der Waals surface area contributed by atoms with Crippen LogP contribution in [0.2, 0.25) is 0 Å². The maximum Gasteiger partial charge on any atom is 0.230 e. The molecule has 3 aromatic heterocycles. The molecule has 1 aromatic carbocycles. The van der Waals surface area contributed by atoms with Crippen LogP contribution in [0.1, 0.15) is 23.1 Å². The second kappa shape index (κ2) is 9.53. The normalized spacial score (nSPS) is 11.1. The van der Waals surface area contributed by atoms with Crippen molar-refractivity contribution in [1.29, 1.82) is 0 Å². The van der Waals surface area contributed by atoms with Crippen molar-refractivity contribution in [3.63, 3.8) is 0 Å². The molecular weight excluding hydrogens is 428 g/mol. The van der Waals surface area contributed by atoms with Gasteiger partial charge in [0, 0.05) is 27.9 Å². The van der Waals surface area contributed by atoms with Crippen molar-refractivity contribution in [2.45, 2.75) is 39.0 Å². The monoisotopic (exact) mass is 452 g/mol. The molecule has 4 rings (SSSR count). The topological polar surface area (TPSA) is 73.0 Å². The van der Waals surface area contributed by atoms with Crippen LogP contribution in [0, 0.1) is 13.8 Å². The first-order valence-corrected chi connectivity index (χ1v) is 11.9. The molecule has 0 aliphatic carbocycles. The first-order valence-electron chi connectivity index (χ1n) is 10.1. The highest BCUT2D eigenvalue weighted by atomic mass is 32.2. The van der Waals surface area contributed by atoms with Crippen LogP contribution in [0.4, 0.5) is 0 Å². The smallest absolute Gasteiger partial charge is 0.230 e. The van der Waals surface area contributed by atoms with Crippen molar-refractivity contribution in [1.82, 2.24) is 20.1 Å². The Morgan fingerprint density at radius 2 is 2.00 bits per heavy atom. The maximum absolute atomic E-state index is 12.2. The third kappa shape index (κ3) is 4.75. The number of aryl methyl sites for hydroxylation is 2. The Balaban J connectivity index is 1.52. The van der Waals surface area contributed by atoms with Gasteiger partial charge in [0.25, 0.3) is 0 Å². The van der Waals surface area contributed by atoms with E-state index in [9.17, 15) is 4.79 Å². The Labute approximate surface area is 189 Å². The van der Waals surface area contributed by atoms with Crippen LogP contribution < -0.4 is 5.32 Å². The Bertz CT molecular complexity index is 1160. The minimum atomic E-state index is -0.0691. The Morgan fingerprint density at radius 3 is 2.71 bits per heavy atom. The summed E-state index contributed by atoms with van der Waals surface area (Å²) in [6.45, 7) is 7.40. The molecule has 0 atom stereocenters. The average Bonchev–Trinajstić information content (AvgIpc) is 3.51. The van der Waals surface area contributed by atoms with Crippen molar-refractivity contribution in [3.05, 3.63) is 64.2 Å². The van der Waals surface area contributed by atoms with Gasteiger partial charge < -0.3 is 14.3 Å². The number of carbonyl (C=O) groups excluding carboxylic acids is 1. The number of nitrogens with one attached hydrogen (secondary N) is 1. The SMILES string of the molecule is CCn1c(SCC(=O)NCc2ccco2)nnc1-c1csc(C)c1-c1ccc(C)cc1. The lowest BCUT2D eigenvalue weighted by Crippen LogP contribution is -2.24. The molecule has 0 unspecified atom stereocenters. The van der Waals surface area contributed by atoms with Gasteiger partial charge in [0.15, 0.2) is 11.0 Å². The van der Waals surface area contributed by atoms with E-state index >= 15 is 0 Å². The fourth-order valence-electron chi connectivity index (χ4n) is 3.36. The van der Waals surface area contributed by atoms with Crippen molar-refractivity contribution in [3.8, 4) is 22.5 Å². The first kappa shape index (κ1) is 21.4. The van der Waals surface area contributed by atoms with Gasteiger partial charge in [0.1, 0.15) is 5.76 Å². The highest BCUT2D eigenvalue weighted by Crippen LogP contribution is 2.39. The molecule has 0 bridgehead atoms. The van der Waals surface area contributed by atoms with Crippen molar-refractivity contribution in [2.24, 2.45) is 0 Å². The van der Waals surface area contributed by atoms with Gasteiger partial charge in [-0.2, -0.15) is 0 Å². The molecule has 1 N–H and O–H groups in total. The number of hydrogen-bond donors (Lipinski definition) is 1. The largest absolute Gasteiger partial charge is 0.467 e. The number of nitrogens with zero attached hydrogens (tertiary/aromatic N) is 3. The van der Waals surface area contributed by atoms with Crippen molar-refractivity contribution >= 4 is 29.0 Å². The van der Waals surface area contributed by atoms with E-state index in [1.807, 2.05) is 6.07 Å². The zero-order valence-electron chi connectivity index (χ0n) is 17.7. The number of rotatable bonds is 8. The standard InChI is InChI=1S/C23H24N4O2S2/c1-4-27-22(19-13-30-16(3)21(19)17-9-7-15(2)8-10-17)25-26-23(27)31-14-20(28)24-12-18-6-5-11-29-18/h5-11,13H,4,12,14H2,1-3H3,(H,24,28). The molecule has 0 spiro atoms. The lowest BCUT2D eigenvalue weighted by Gasteiger charge is -2.10. The molecule has 31 heavy (non-hydrogen) atoms. The molecule has 6 nitrogen and oxygen atoms in total. The van der Waals surface area contributed by atoms with Gasteiger partial charge in [-0.1, -0.05) is 41.6 Å². The number of thioether (sulfide) groups is 1. The minimum absolute atomic E-state index is 0.0691. The van der Waals surface area contributed by atoms with Crippen LogP contribution in [0.5, 0.6) is 0 Å². The van der Waals surface area contributed by atoms with Gasteiger partial charge in [-0.25, -0.2) is 0 Å². The molecule has 160 valence electrons. The molecule has 4 aromatic rings. The van der Waals surface area contributed by atoms with Crippen LogP contribution in [-0.4, -0.2) is 26.4 Å². The van der Waals surface area contributed by atoms with Gasteiger partial charge in [-0.15, -0.1) is 21.5 Å². The molecule has 3 heterocycles. The van der Waals surface area contributed by atoms with E-state index in [4.69, 9.17) is 4.42 Å².